The highest BCUT2D eigenvalue weighted by atomic mass is 16.2. The van der Waals surface area contributed by atoms with E-state index < -0.39 is 0 Å². The number of hydrogen-bond acceptors (Lipinski definition) is 2. The third kappa shape index (κ3) is 4.93. The number of anilines is 1. The molecule has 2 aromatic rings. The van der Waals surface area contributed by atoms with E-state index in [0.29, 0.717) is 5.92 Å². The molecule has 1 atom stereocenters. The fourth-order valence-corrected chi connectivity index (χ4v) is 2.44. The van der Waals surface area contributed by atoms with Crippen LogP contribution < -0.4 is 10.6 Å². The first kappa shape index (κ1) is 17.2. The Hall–Kier alpha value is -2.13. The monoisotopic (exact) mass is 310 g/mol. The predicted molar refractivity (Wildman–Crippen MR) is 96.6 cm³/mol. The van der Waals surface area contributed by atoms with Crippen molar-refractivity contribution in [2.24, 2.45) is 5.92 Å². The summed E-state index contributed by atoms with van der Waals surface area (Å²) < 4.78 is 0. The van der Waals surface area contributed by atoms with Crippen LogP contribution in [0.4, 0.5) is 5.69 Å². The van der Waals surface area contributed by atoms with Crippen molar-refractivity contribution < 1.29 is 4.79 Å². The Balaban J connectivity index is 2.20. The fourth-order valence-electron chi connectivity index (χ4n) is 2.44. The van der Waals surface area contributed by atoms with Gasteiger partial charge in [-0.25, -0.2) is 0 Å². The molecule has 0 saturated heterocycles. The largest absolute Gasteiger partial charge is 0.324 e. The summed E-state index contributed by atoms with van der Waals surface area (Å²) in [7, 11) is 0. The van der Waals surface area contributed by atoms with Crippen LogP contribution in [0, 0.1) is 19.8 Å². The van der Waals surface area contributed by atoms with Crippen molar-refractivity contribution in [2.75, 3.05) is 11.9 Å². The summed E-state index contributed by atoms with van der Waals surface area (Å²) in [6, 6.07) is 15.6. The fraction of sp³-hybridized carbons (Fsp3) is 0.350. The van der Waals surface area contributed by atoms with Gasteiger partial charge in [0.2, 0.25) is 5.91 Å². The number of amides is 1. The summed E-state index contributed by atoms with van der Waals surface area (Å²) in [5.41, 5.74) is 4.06. The van der Waals surface area contributed by atoms with Crippen LogP contribution >= 0.6 is 0 Å². The molecule has 3 heteroatoms. The van der Waals surface area contributed by atoms with Gasteiger partial charge in [-0.05, 0) is 49.1 Å². The van der Waals surface area contributed by atoms with E-state index in [2.05, 4.69) is 30.5 Å². The van der Waals surface area contributed by atoms with Gasteiger partial charge in [0.25, 0.3) is 0 Å². The minimum atomic E-state index is -0.349. The van der Waals surface area contributed by atoms with Gasteiger partial charge < -0.3 is 10.6 Å². The first-order valence-corrected chi connectivity index (χ1v) is 8.14. The molecule has 0 heterocycles. The zero-order chi connectivity index (χ0) is 16.8. The highest BCUT2D eigenvalue weighted by Gasteiger charge is 2.20. The van der Waals surface area contributed by atoms with Crippen molar-refractivity contribution in [3.05, 3.63) is 65.2 Å². The van der Waals surface area contributed by atoms with Crippen molar-refractivity contribution in [3.8, 4) is 0 Å². The number of benzene rings is 2. The minimum absolute atomic E-state index is 0.0226. The van der Waals surface area contributed by atoms with Crippen molar-refractivity contribution in [1.82, 2.24) is 5.32 Å². The van der Waals surface area contributed by atoms with Crippen molar-refractivity contribution in [1.29, 1.82) is 0 Å². The molecule has 0 unspecified atom stereocenters. The molecular formula is C20H26N2O. The summed E-state index contributed by atoms with van der Waals surface area (Å²) >= 11 is 0. The Morgan fingerprint density at radius 3 is 2.39 bits per heavy atom. The lowest BCUT2D eigenvalue weighted by Crippen LogP contribution is -2.35. The Kier molecular flexibility index (Phi) is 5.94. The quantitative estimate of drug-likeness (QED) is 0.838. The highest BCUT2D eigenvalue weighted by Crippen LogP contribution is 2.20. The molecule has 0 fully saturated rings. The molecular weight excluding hydrogens is 284 g/mol. The molecule has 0 spiro atoms. The number of aryl methyl sites for hydroxylation is 2. The molecule has 0 saturated carbocycles. The van der Waals surface area contributed by atoms with Crippen LogP contribution in [0.1, 0.15) is 36.6 Å². The molecule has 2 N–H and O–H groups in total. The molecule has 122 valence electrons. The zero-order valence-corrected chi connectivity index (χ0v) is 14.4. The van der Waals surface area contributed by atoms with Crippen LogP contribution in [0.25, 0.3) is 0 Å². The number of nitrogens with one attached hydrogen (secondary N) is 2. The normalized spacial score (nSPS) is 12.2. The summed E-state index contributed by atoms with van der Waals surface area (Å²) in [5, 5.41) is 6.45. The first-order chi connectivity index (χ1) is 11.0. The van der Waals surface area contributed by atoms with Gasteiger partial charge in [-0.15, -0.1) is 0 Å². The molecule has 1 amide bonds. The standard InChI is InChI=1S/C20H26N2O/c1-14(2)13-21-19(17-8-6-5-7-9-17)20(23)22-18-12-15(3)10-11-16(18)4/h5-12,14,19,21H,13H2,1-4H3,(H,22,23)/t19-/m1/s1. The van der Waals surface area contributed by atoms with E-state index in [1.165, 1.54) is 0 Å². The number of rotatable bonds is 6. The van der Waals surface area contributed by atoms with E-state index >= 15 is 0 Å². The van der Waals surface area contributed by atoms with Crippen LogP contribution in [-0.4, -0.2) is 12.5 Å². The molecule has 0 radical (unpaired) electrons. The van der Waals surface area contributed by atoms with E-state index in [0.717, 1.165) is 28.9 Å². The van der Waals surface area contributed by atoms with E-state index in [1.807, 2.05) is 56.3 Å². The SMILES string of the molecule is Cc1ccc(C)c(NC(=O)[C@H](NCC(C)C)c2ccccc2)c1. The number of carbonyl (C=O) groups excluding carboxylic acids is 1. The maximum atomic E-state index is 12.8. The van der Waals surface area contributed by atoms with Gasteiger partial charge in [0, 0.05) is 5.69 Å². The van der Waals surface area contributed by atoms with Crippen molar-refractivity contribution >= 4 is 11.6 Å². The molecule has 0 aliphatic rings. The predicted octanol–water partition coefficient (Wildman–Crippen LogP) is 4.23. The molecule has 2 rings (SSSR count). The maximum Gasteiger partial charge on any atom is 0.246 e. The minimum Gasteiger partial charge on any atom is -0.324 e. The van der Waals surface area contributed by atoms with Crippen molar-refractivity contribution in [2.45, 2.75) is 33.7 Å². The average Bonchev–Trinajstić information content (AvgIpc) is 2.52. The number of hydrogen-bond donors (Lipinski definition) is 2. The van der Waals surface area contributed by atoms with E-state index in [4.69, 9.17) is 0 Å². The molecule has 0 aromatic heterocycles. The zero-order valence-electron chi connectivity index (χ0n) is 14.4. The second kappa shape index (κ2) is 7.93. The lowest BCUT2D eigenvalue weighted by atomic mass is 10.0. The smallest absolute Gasteiger partial charge is 0.246 e. The van der Waals surface area contributed by atoms with E-state index in [9.17, 15) is 4.79 Å². The van der Waals surface area contributed by atoms with Gasteiger partial charge in [-0.2, -0.15) is 0 Å². The maximum absolute atomic E-state index is 12.8. The van der Waals surface area contributed by atoms with Crippen molar-refractivity contribution in [3.63, 3.8) is 0 Å². The topological polar surface area (TPSA) is 41.1 Å². The Morgan fingerprint density at radius 2 is 1.74 bits per heavy atom. The third-order valence-corrected chi connectivity index (χ3v) is 3.78. The van der Waals surface area contributed by atoms with Crippen LogP contribution in [-0.2, 0) is 4.79 Å². The second-order valence-electron chi connectivity index (χ2n) is 6.45. The lowest BCUT2D eigenvalue weighted by Gasteiger charge is -2.21. The molecule has 2 aromatic carbocycles. The van der Waals surface area contributed by atoms with Crippen LogP contribution in [0.3, 0.4) is 0 Å². The van der Waals surface area contributed by atoms with Crippen LogP contribution in [0.5, 0.6) is 0 Å². The first-order valence-electron chi connectivity index (χ1n) is 8.14. The number of carbonyl (C=O) groups is 1. The van der Waals surface area contributed by atoms with E-state index in [1.54, 1.807) is 0 Å². The average molecular weight is 310 g/mol. The van der Waals surface area contributed by atoms with Gasteiger partial charge in [0.1, 0.15) is 6.04 Å². The van der Waals surface area contributed by atoms with Crippen LogP contribution in [0.2, 0.25) is 0 Å². The molecule has 23 heavy (non-hydrogen) atoms. The van der Waals surface area contributed by atoms with Gasteiger partial charge in [-0.1, -0.05) is 56.3 Å². The molecule has 0 aliphatic carbocycles. The summed E-state index contributed by atoms with van der Waals surface area (Å²) in [6.07, 6.45) is 0. The summed E-state index contributed by atoms with van der Waals surface area (Å²) in [4.78, 5) is 12.8. The summed E-state index contributed by atoms with van der Waals surface area (Å²) in [5.74, 6) is 0.459. The third-order valence-electron chi connectivity index (χ3n) is 3.78. The Morgan fingerprint density at radius 1 is 1.04 bits per heavy atom. The van der Waals surface area contributed by atoms with Gasteiger partial charge in [0.15, 0.2) is 0 Å². The lowest BCUT2D eigenvalue weighted by molar-refractivity contribution is -0.118. The van der Waals surface area contributed by atoms with Gasteiger partial charge in [-0.3, -0.25) is 4.79 Å². The second-order valence-corrected chi connectivity index (χ2v) is 6.45. The van der Waals surface area contributed by atoms with Crippen LogP contribution in [0.15, 0.2) is 48.5 Å². The highest BCUT2D eigenvalue weighted by molar-refractivity contribution is 5.96. The Labute approximate surface area is 139 Å². The van der Waals surface area contributed by atoms with E-state index in [-0.39, 0.29) is 11.9 Å². The van der Waals surface area contributed by atoms with Gasteiger partial charge in [0.05, 0.1) is 0 Å². The Bertz CT molecular complexity index is 650. The van der Waals surface area contributed by atoms with Gasteiger partial charge >= 0.3 is 0 Å². The molecule has 3 nitrogen and oxygen atoms in total. The molecule has 0 aliphatic heterocycles. The summed E-state index contributed by atoms with van der Waals surface area (Å²) in [6.45, 7) is 9.10. The molecule has 0 bridgehead atoms.